The van der Waals surface area contributed by atoms with Crippen LogP contribution >= 0.6 is 0 Å². The zero-order chi connectivity index (χ0) is 11.6. The third-order valence-corrected chi connectivity index (χ3v) is 3.64. The van der Waals surface area contributed by atoms with Gasteiger partial charge < -0.3 is 4.90 Å². The molecule has 0 bridgehead atoms. The zero-order valence-corrected chi connectivity index (χ0v) is 10.0. The van der Waals surface area contributed by atoms with E-state index in [4.69, 9.17) is 0 Å². The van der Waals surface area contributed by atoms with E-state index in [1.165, 1.54) is 5.56 Å². The highest BCUT2D eigenvalue weighted by Gasteiger charge is 2.34. The Morgan fingerprint density at radius 2 is 2.00 bits per heavy atom. The first-order valence-corrected chi connectivity index (χ1v) is 5.90. The monoisotopic (exact) mass is 217 g/mol. The minimum atomic E-state index is -0.0134. The number of hydrogen-bond donors (Lipinski definition) is 0. The van der Waals surface area contributed by atoms with Crippen molar-refractivity contribution in [2.24, 2.45) is 0 Å². The topological polar surface area (TPSA) is 20.3 Å². The molecular weight excluding hydrogens is 198 g/mol. The number of amides is 1. The van der Waals surface area contributed by atoms with Gasteiger partial charge in [-0.2, -0.15) is 0 Å². The molecule has 0 spiro atoms. The Morgan fingerprint density at radius 3 is 2.56 bits per heavy atom. The summed E-state index contributed by atoms with van der Waals surface area (Å²) in [5.41, 5.74) is 1.39. The second-order valence-corrected chi connectivity index (χ2v) is 5.21. The van der Waals surface area contributed by atoms with E-state index in [0.29, 0.717) is 5.92 Å². The summed E-state index contributed by atoms with van der Waals surface area (Å²) < 4.78 is 0. The summed E-state index contributed by atoms with van der Waals surface area (Å²) in [6, 6.07) is 10.6. The lowest BCUT2D eigenvalue weighted by Crippen LogP contribution is -2.48. The summed E-state index contributed by atoms with van der Waals surface area (Å²) >= 11 is 0. The molecule has 2 rings (SSSR count). The fraction of sp³-hybridized carbons (Fsp3) is 0.500. The van der Waals surface area contributed by atoms with E-state index in [1.807, 2.05) is 4.90 Å². The van der Waals surface area contributed by atoms with Crippen molar-refractivity contribution in [3.05, 3.63) is 35.9 Å². The number of nitrogens with zero attached hydrogens (tertiary/aromatic N) is 1. The highest BCUT2D eigenvalue weighted by Crippen LogP contribution is 2.36. The van der Waals surface area contributed by atoms with E-state index in [1.54, 1.807) is 0 Å². The first-order valence-electron chi connectivity index (χ1n) is 5.90. The van der Waals surface area contributed by atoms with Crippen LogP contribution in [0.5, 0.6) is 0 Å². The molecule has 0 aromatic heterocycles. The number of benzene rings is 1. The van der Waals surface area contributed by atoms with Gasteiger partial charge in [0.25, 0.3) is 0 Å². The van der Waals surface area contributed by atoms with Crippen molar-refractivity contribution < 1.29 is 4.79 Å². The zero-order valence-electron chi connectivity index (χ0n) is 10.0. The van der Waals surface area contributed by atoms with Crippen LogP contribution in [0.4, 0.5) is 0 Å². The summed E-state index contributed by atoms with van der Waals surface area (Å²) in [5.74, 6) is 0.590. The van der Waals surface area contributed by atoms with Crippen LogP contribution in [0.2, 0.25) is 0 Å². The van der Waals surface area contributed by atoms with Crippen LogP contribution in [0.15, 0.2) is 30.3 Å². The molecule has 1 unspecified atom stereocenters. The summed E-state index contributed by atoms with van der Waals surface area (Å²) in [4.78, 5) is 12.9. The molecule has 2 heteroatoms. The Labute approximate surface area is 97.3 Å². The average molecular weight is 217 g/mol. The molecule has 1 amide bonds. The molecule has 1 saturated heterocycles. The molecule has 0 radical (unpaired) electrons. The summed E-state index contributed by atoms with van der Waals surface area (Å²) in [6.07, 6.45) is 3.11. The predicted octanol–water partition coefficient (Wildman–Crippen LogP) is 2.80. The average Bonchev–Trinajstić information content (AvgIpc) is 2.29. The number of likely N-dealkylation sites (tertiary alicyclic amines) is 1. The maximum Gasteiger partial charge on any atom is 0.210 e. The summed E-state index contributed by atoms with van der Waals surface area (Å²) in [7, 11) is 0. The van der Waals surface area contributed by atoms with Gasteiger partial charge in [-0.1, -0.05) is 30.3 Å². The number of piperidine rings is 1. The van der Waals surface area contributed by atoms with E-state index in [2.05, 4.69) is 44.2 Å². The maximum absolute atomic E-state index is 10.9. The molecule has 1 aromatic rings. The van der Waals surface area contributed by atoms with E-state index in [0.717, 1.165) is 25.8 Å². The largest absolute Gasteiger partial charge is 0.340 e. The summed E-state index contributed by atoms with van der Waals surface area (Å²) in [6.45, 7) is 5.17. The van der Waals surface area contributed by atoms with Gasteiger partial charge in [-0.3, -0.25) is 4.79 Å². The minimum Gasteiger partial charge on any atom is -0.340 e. The van der Waals surface area contributed by atoms with E-state index < -0.39 is 0 Å². The van der Waals surface area contributed by atoms with Gasteiger partial charge in [-0.15, -0.1) is 0 Å². The molecule has 86 valence electrons. The lowest BCUT2D eigenvalue weighted by atomic mass is 9.79. The number of rotatable bonds is 2. The Bertz CT molecular complexity index is 358. The molecule has 1 atom stereocenters. The van der Waals surface area contributed by atoms with Crippen LogP contribution in [-0.2, 0) is 4.79 Å². The molecule has 1 aliphatic heterocycles. The number of hydrogen-bond acceptors (Lipinski definition) is 1. The lowest BCUT2D eigenvalue weighted by Gasteiger charge is -2.43. The van der Waals surface area contributed by atoms with Crippen LogP contribution in [-0.4, -0.2) is 23.4 Å². The van der Waals surface area contributed by atoms with Crippen molar-refractivity contribution in [1.29, 1.82) is 0 Å². The van der Waals surface area contributed by atoms with Gasteiger partial charge in [0, 0.05) is 12.1 Å². The SMILES string of the molecule is CC1(C)CC(c2ccccc2)CCN1C=O. The van der Waals surface area contributed by atoms with Crippen molar-refractivity contribution in [3.8, 4) is 0 Å². The van der Waals surface area contributed by atoms with Gasteiger partial charge >= 0.3 is 0 Å². The van der Waals surface area contributed by atoms with Crippen LogP contribution < -0.4 is 0 Å². The van der Waals surface area contributed by atoms with Gasteiger partial charge in [0.15, 0.2) is 0 Å². The van der Waals surface area contributed by atoms with Crippen molar-refractivity contribution >= 4 is 6.41 Å². The van der Waals surface area contributed by atoms with Crippen LogP contribution in [0.1, 0.15) is 38.2 Å². The Balaban J connectivity index is 2.14. The van der Waals surface area contributed by atoms with Gasteiger partial charge in [0.05, 0.1) is 0 Å². The quantitative estimate of drug-likeness (QED) is 0.698. The van der Waals surface area contributed by atoms with E-state index >= 15 is 0 Å². The van der Waals surface area contributed by atoms with Gasteiger partial charge in [-0.05, 0) is 38.2 Å². The molecule has 1 heterocycles. The number of carbonyl (C=O) groups is 1. The first kappa shape index (κ1) is 11.2. The van der Waals surface area contributed by atoms with Crippen molar-refractivity contribution in [2.75, 3.05) is 6.54 Å². The highest BCUT2D eigenvalue weighted by atomic mass is 16.1. The van der Waals surface area contributed by atoms with Crippen molar-refractivity contribution in [1.82, 2.24) is 4.90 Å². The highest BCUT2D eigenvalue weighted by molar-refractivity contribution is 5.49. The Hall–Kier alpha value is -1.31. The van der Waals surface area contributed by atoms with Crippen LogP contribution in [0.25, 0.3) is 0 Å². The van der Waals surface area contributed by atoms with Crippen LogP contribution in [0.3, 0.4) is 0 Å². The molecular formula is C14H19NO. The fourth-order valence-corrected chi connectivity index (χ4v) is 2.62. The second-order valence-electron chi connectivity index (χ2n) is 5.21. The Morgan fingerprint density at radius 1 is 1.31 bits per heavy atom. The van der Waals surface area contributed by atoms with Crippen LogP contribution in [0, 0.1) is 0 Å². The standard InChI is InChI=1S/C14H19NO/c1-14(2)10-13(8-9-15(14)11-16)12-6-4-3-5-7-12/h3-7,11,13H,8-10H2,1-2H3. The molecule has 1 aliphatic rings. The lowest BCUT2D eigenvalue weighted by molar-refractivity contribution is -0.125. The molecule has 0 N–H and O–H groups in total. The molecule has 1 aromatic carbocycles. The second kappa shape index (κ2) is 4.28. The first-order chi connectivity index (χ1) is 7.63. The van der Waals surface area contributed by atoms with Crippen molar-refractivity contribution in [3.63, 3.8) is 0 Å². The maximum atomic E-state index is 10.9. The van der Waals surface area contributed by atoms with Crippen molar-refractivity contribution in [2.45, 2.75) is 38.1 Å². The Kier molecular flexibility index (Phi) is 2.99. The smallest absolute Gasteiger partial charge is 0.210 e. The third kappa shape index (κ3) is 2.11. The van der Waals surface area contributed by atoms with Gasteiger partial charge in [0.1, 0.15) is 0 Å². The molecule has 16 heavy (non-hydrogen) atoms. The third-order valence-electron chi connectivity index (χ3n) is 3.64. The number of carbonyl (C=O) groups excluding carboxylic acids is 1. The minimum absolute atomic E-state index is 0.0134. The fourth-order valence-electron chi connectivity index (χ4n) is 2.62. The van der Waals surface area contributed by atoms with Gasteiger partial charge in [0.2, 0.25) is 6.41 Å². The predicted molar refractivity (Wildman–Crippen MR) is 65.3 cm³/mol. The molecule has 1 fully saturated rings. The molecule has 2 nitrogen and oxygen atoms in total. The molecule has 0 saturated carbocycles. The normalized spacial score (nSPS) is 24.1. The molecule has 0 aliphatic carbocycles. The van der Waals surface area contributed by atoms with Gasteiger partial charge in [-0.25, -0.2) is 0 Å². The van der Waals surface area contributed by atoms with E-state index in [-0.39, 0.29) is 5.54 Å². The van der Waals surface area contributed by atoms with E-state index in [9.17, 15) is 4.79 Å². The summed E-state index contributed by atoms with van der Waals surface area (Å²) in [5, 5.41) is 0.